The molecule has 0 aliphatic carbocycles. The van der Waals surface area contributed by atoms with Gasteiger partial charge >= 0.3 is 0 Å². The molecular weight excluding hydrogens is 393 g/mol. The molecule has 31 heavy (non-hydrogen) atoms. The fraction of sp³-hybridized carbons (Fsp3) is 0.200. The SMILES string of the molecule is CCCCNC(=O)c1ccc2[nH]c(-c3ccc[nH]c3=O)c(-c3ccc(C)cc3F)c2c1. The molecule has 2 aromatic carbocycles. The Balaban J connectivity index is 1.94. The molecule has 0 saturated carbocycles. The van der Waals surface area contributed by atoms with Gasteiger partial charge in [-0.2, -0.15) is 0 Å². The molecule has 0 aliphatic rings. The molecule has 1 amide bonds. The Morgan fingerprint density at radius 1 is 1.10 bits per heavy atom. The van der Waals surface area contributed by atoms with Gasteiger partial charge in [0, 0.05) is 40.3 Å². The molecule has 4 aromatic rings. The molecule has 0 bridgehead atoms. The van der Waals surface area contributed by atoms with Crippen LogP contribution in [0.5, 0.6) is 0 Å². The maximum atomic E-state index is 15.0. The van der Waals surface area contributed by atoms with Gasteiger partial charge in [-0.1, -0.05) is 25.5 Å². The van der Waals surface area contributed by atoms with Crippen LogP contribution >= 0.6 is 0 Å². The number of amides is 1. The standard InChI is InChI=1S/C25H24FN3O2/c1-3-4-11-27-24(30)16-8-10-21-19(14-16)22(17-9-7-15(2)13-20(17)26)23(29-21)18-6-5-12-28-25(18)31/h5-10,12-14,29H,3-4,11H2,1-2H3,(H,27,30)(H,28,31). The number of fused-ring (bicyclic) bond motifs is 1. The van der Waals surface area contributed by atoms with Crippen LogP contribution < -0.4 is 10.9 Å². The first kappa shape index (κ1) is 20.6. The summed E-state index contributed by atoms with van der Waals surface area (Å²) in [5.74, 6) is -0.557. The molecule has 3 N–H and O–H groups in total. The van der Waals surface area contributed by atoms with Crippen molar-refractivity contribution in [3.8, 4) is 22.4 Å². The number of carbonyl (C=O) groups is 1. The lowest BCUT2D eigenvalue weighted by Gasteiger charge is -2.08. The zero-order chi connectivity index (χ0) is 22.0. The Kier molecular flexibility index (Phi) is 5.71. The first-order chi connectivity index (χ1) is 15.0. The van der Waals surface area contributed by atoms with E-state index in [-0.39, 0.29) is 17.3 Å². The minimum Gasteiger partial charge on any atom is -0.354 e. The fourth-order valence-corrected chi connectivity index (χ4v) is 3.74. The van der Waals surface area contributed by atoms with E-state index in [0.29, 0.717) is 39.9 Å². The van der Waals surface area contributed by atoms with E-state index in [9.17, 15) is 9.59 Å². The maximum Gasteiger partial charge on any atom is 0.257 e. The van der Waals surface area contributed by atoms with E-state index < -0.39 is 0 Å². The third kappa shape index (κ3) is 4.01. The number of hydrogen-bond donors (Lipinski definition) is 3. The van der Waals surface area contributed by atoms with Crippen molar-refractivity contribution < 1.29 is 9.18 Å². The van der Waals surface area contributed by atoms with Crippen LogP contribution in [0.25, 0.3) is 33.3 Å². The number of nitrogens with one attached hydrogen (secondary N) is 3. The Morgan fingerprint density at radius 3 is 2.68 bits per heavy atom. The van der Waals surface area contributed by atoms with E-state index in [1.807, 2.05) is 13.0 Å². The smallest absolute Gasteiger partial charge is 0.257 e. The predicted molar refractivity (Wildman–Crippen MR) is 122 cm³/mol. The fourth-order valence-electron chi connectivity index (χ4n) is 3.74. The van der Waals surface area contributed by atoms with Crippen molar-refractivity contribution in [1.82, 2.24) is 15.3 Å². The number of halogens is 1. The van der Waals surface area contributed by atoms with Gasteiger partial charge < -0.3 is 15.3 Å². The van der Waals surface area contributed by atoms with Crippen LogP contribution in [0.3, 0.4) is 0 Å². The normalized spacial score (nSPS) is 11.1. The van der Waals surface area contributed by atoms with Gasteiger partial charge in [0.05, 0.1) is 11.3 Å². The Morgan fingerprint density at radius 2 is 1.94 bits per heavy atom. The van der Waals surface area contributed by atoms with Gasteiger partial charge in [-0.15, -0.1) is 0 Å². The monoisotopic (exact) mass is 417 g/mol. The second kappa shape index (κ2) is 8.60. The second-order valence-corrected chi connectivity index (χ2v) is 7.64. The van der Waals surface area contributed by atoms with Crippen LogP contribution in [0.4, 0.5) is 4.39 Å². The number of H-pyrrole nitrogens is 2. The molecule has 0 atom stereocenters. The summed E-state index contributed by atoms with van der Waals surface area (Å²) in [6, 6.07) is 13.7. The van der Waals surface area contributed by atoms with Crippen LogP contribution in [0.2, 0.25) is 0 Å². The molecule has 158 valence electrons. The third-order valence-corrected chi connectivity index (χ3v) is 5.36. The Hall–Kier alpha value is -3.67. The molecular formula is C25H24FN3O2. The van der Waals surface area contributed by atoms with Gasteiger partial charge in [-0.25, -0.2) is 4.39 Å². The highest BCUT2D eigenvalue weighted by Gasteiger charge is 2.21. The Labute approximate surface area is 179 Å². The summed E-state index contributed by atoms with van der Waals surface area (Å²) in [6.45, 7) is 4.49. The zero-order valence-corrected chi connectivity index (χ0v) is 17.5. The van der Waals surface area contributed by atoms with Crippen LogP contribution in [0.1, 0.15) is 35.7 Å². The summed E-state index contributed by atoms with van der Waals surface area (Å²) < 4.78 is 15.0. The number of rotatable bonds is 6. The van der Waals surface area contributed by atoms with E-state index in [4.69, 9.17) is 0 Å². The van der Waals surface area contributed by atoms with Crippen LogP contribution in [0.15, 0.2) is 59.5 Å². The molecule has 5 nitrogen and oxygen atoms in total. The van der Waals surface area contributed by atoms with Gasteiger partial charge in [-0.3, -0.25) is 9.59 Å². The summed E-state index contributed by atoms with van der Waals surface area (Å²) >= 11 is 0. The van der Waals surface area contributed by atoms with Crippen molar-refractivity contribution >= 4 is 16.8 Å². The van der Waals surface area contributed by atoms with E-state index in [2.05, 4.69) is 22.2 Å². The highest BCUT2D eigenvalue weighted by Crippen LogP contribution is 2.39. The number of unbranched alkanes of at least 4 members (excludes halogenated alkanes) is 1. The molecule has 6 heteroatoms. The van der Waals surface area contributed by atoms with Gasteiger partial charge in [0.25, 0.3) is 11.5 Å². The first-order valence-corrected chi connectivity index (χ1v) is 10.4. The number of carbonyl (C=O) groups excluding carboxylic acids is 1. The molecule has 0 unspecified atom stereocenters. The predicted octanol–water partition coefficient (Wildman–Crippen LogP) is 5.17. The van der Waals surface area contributed by atoms with Gasteiger partial charge in [0.1, 0.15) is 5.82 Å². The zero-order valence-electron chi connectivity index (χ0n) is 17.5. The topological polar surface area (TPSA) is 77.8 Å². The van der Waals surface area contributed by atoms with Crippen molar-refractivity contribution in [2.45, 2.75) is 26.7 Å². The number of benzene rings is 2. The second-order valence-electron chi connectivity index (χ2n) is 7.64. The molecule has 2 heterocycles. The molecule has 4 rings (SSSR count). The van der Waals surface area contributed by atoms with Crippen LogP contribution in [-0.2, 0) is 0 Å². The average molecular weight is 417 g/mol. The highest BCUT2D eigenvalue weighted by molar-refractivity contribution is 6.07. The summed E-state index contributed by atoms with van der Waals surface area (Å²) in [5, 5.41) is 3.60. The summed E-state index contributed by atoms with van der Waals surface area (Å²) in [4.78, 5) is 31.0. The van der Waals surface area contributed by atoms with E-state index in [1.165, 1.54) is 6.07 Å². The van der Waals surface area contributed by atoms with Crippen molar-refractivity contribution in [2.24, 2.45) is 0 Å². The molecule has 0 spiro atoms. The first-order valence-electron chi connectivity index (χ1n) is 10.4. The number of aryl methyl sites for hydroxylation is 1. The number of aromatic amines is 2. The van der Waals surface area contributed by atoms with Crippen LogP contribution in [0, 0.1) is 12.7 Å². The largest absolute Gasteiger partial charge is 0.354 e. The highest BCUT2D eigenvalue weighted by atomic mass is 19.1. The van der Waals surface area contributed by atoms with Crippen molar-refractivity contribution in [2.75, 3.05) is 6.54 Å². The lowest BCUT2D eigenvalue weighted by atomic mass is 9.96. The van der Waals surface area contributed by atoms with E-state index in [0.717, 1.165) is 23.9 Å². The van der Waals surface area contributed by atoms with Crippen molar-refractivity contribution in [1.29, 1.82) is 0 Å². The lowest BCUT2D eigenvalue weighted by Crippen LogP contribution is -2.24. The molecule has 2 aromatic heterocycles. The third-order valence-electron chi connectivity index (χ3n) is 5.36. The Bertz CT molecular complexity index is 1320. The minimum absolute atomic E-state index is 0.175. The lowest BCUT2D eigenvalue weighted by molar-refractivity contribution is 0.0953. The van der Waals surface area contributed by atoms with Crippen molar-refractivity contribution in [3.63, 3.8) is 0 Å². The summed E-state index contributed by atoms with van der Waals surface area (Å²) in [6.07, 6.45) is 3.45. The number of aromatic nitrogens is 2. The average Bonchev–Trinajstić information content (AvgIpc) is 3.12. The van der Waals surface area contributed by atoms with Crippen molar-refractivity contribution in [3.05, 3.63) is 82.0 Å². The number of pyridine rings is 1. The van der Waals surface area contributed by atoms with Crippen LogP contribution in [-0.4, -0.2) is 22.4 Å². The summed E-state index contributed by atoms with van der Waals surface area (Å²) in [5.41, 5.74) is 3.59. The molecule has 0 radical (unpaired) electrons. The number of hydrogen-bond acceptors (Lipinski definition) is 2. The molecule has 0 saturated heterocycles. The molecule has 0 aliphatic heterocycles. The molecule has 0 fully saturated rings. The minimum atomic E-state index is -0.382. The van der Waals surface area contributed by atoms with E-state index >= 15 is 4.39 Å². The summed E-state index contributed by atoms with van der Waals surface area (Å²) in [7, 11) is 0. The van der Waals surface area contributed by atoms with Gasteiger partial charge in [0.2, 0.25) is 0 Å². The maximum absolute atomic E-state index is 15.0. The van der Waals surface area contributed by atoms with E-state index in [1.54, 1.807) is 42.6 Å². The van der Waals surface area contributed by atoms with Gasteiger partial charge in [-0.05, 0) is 55.3 Å². The van der Waals surface area contributed by atoms with Gasteiger partial charge in [0.15, 0.2) is 0 Å². The quantitative estimate of drug-likeness (QED) is 0.379.